The van der Waals surface area contributed by atoms with E-state index in [1.807, 2.05) is 0 Å². The quantitative estimate of drug-likeness (QED) is 0.830. The zero-order valence-corrected chi connectivity index (χ0v) is 9.65. The Hall–Kier alpha value is -1.46. The lowest BCUT2D eigenvalue weighted by Gasteiger charge is -2.32. The predicted molar refractivity (Wildman–Crippen MR) is 62.3 cm³/mol. The number of hydrogen-bond acceptors (Lipinski definition) is 3. The number of nitrogens with zero attached hydrogens (tertiary/aromatic N) is 1. The van der Waals surface area contributed by atoms with Crippen LogP contribution in [0, 0.1) is 12.7 Å². The molecular weight excluding hydrogens is 223 g/mol. The van der Waals surface area contributed by atoms with Gasteiger partial charge in [0.2, 0.25) is 0 Å². The molecule has 92 valence electrons. The molecule has 0 bridgehead atoms. The van der Waals surface area contributed by atoms with Crippen molar-refractivity contribution in [2.45, 2.75) is 13.0 Å². The second-order valence-corrected chi connectivity index (χ2v) is 4.11. The number of halogens is 1. The van der Waals surface area contributed by atoms with Crippen molar-refractivity contribution >= 4 is 11.6 Å². The normalized spacial score (nSPS) is 20.8. The van der Waals surface area contributed by atoms with Crippen LogP contribution in [0.3, 0.4) is 0 Å². The average molecular weight is 238 g/mol. The van der Waals surface area contributed by atoms with Crippen LogP contribution in [0.5, 0.6) is 0 Å². The SMILES string of the molecule is Cc1cc(N2CC(CN)OCC2=O)ccc1F. The van der Waals surface area contributed by atoms with Gasteiger partial charge in [0.1, 0.15) is 12.4 Å². The number of amides is 1. The minimum Gasteiger partial charge on any atom is -0.365 e. The number of benzene rings is 1. The molecule has 0 aliphatic carbocycles. The van der Waals surface area contributed by atoms with Crippen molar-refractivity contribution in [3.63, 3.8) is 0 Å². The van der Waals surface area contributed by atoms with E-state index in [4.69, 9.17) is 10.5 Å². The number of ether oxygens (including phenoxy) is 1. The molecule has 1 aliphatic heterocycles. The smallest absolute Gasteiger partial charge is 0.253 e. The van der Waals surface area contributed by atoms with Crippen molar-refractivity contribution in [2.75, 3.05) is 24.6 Å². The zero-order valence-electron chi connectivity index (χ0n) is 9.65. The number of morpholine rings is 1. The van der Waals surface area contributed by atoms with Gasteiger partial charge in [-0.15, -0.1) is 0 Å². The Morgan fingerprint density at radius 3 is 3.00 bits per heavy atom. The van der Waals surface area contributed by atoms with E-state index < -0.39 is 0 Å². The van der Waals surface area contributed by atoms with E-state index in [9.17, 15) is 9.18 Å². The standard InChI is InChI=1S/C12H15FN2O2/c1-8-4-9(2-3-11(8)13)15-6-10(5-14)17-7-12(15)16/h2-4,10H,5-7,14H2,1H3. The maximum absolute atomic E-state index is 13.2. The lowest BCUT2D eigenvalue weighted by molar-refractivity contribution is -0.128. The number of rotatable bonds is 2. The molecule has 1 saturated heterocycles. The topological polar surface area (TPSA) is 55.6 Å². The molecule has 2 N–H and O–H groups in total. The Labute approximate surface area is 99.2 Å². The molecule has 17 heavy (non-hydrogen) atoms. The third-order valence-electron chi connectivity index (χ3n) is 2.85. The summed E-state index contributed by atoms with van der Waals surface area (Å²) in [6.07, 6.45) is -0.155. The molecule has 1 heterocycles. The lowest BCUT2D eigenvalue weighted by Crippen LogP contribution is -2.49. The van der Waals surface area contributed by atoms with Crippen molar-refractivity contribution in [3.05, 3.63) is 29.6 Å². The molecule has 0 radical (unpaired) electrons. The maximum atomic E-state index is 13.2. The van der Waals surface area contributed by atoms with Gasteiger partial charge < -0.3 is 15.4 Å². The number of hydrogen-bond donors (Lipinski definition) is 1. The fourth-order valence-electron chi connectivity index (χ4n) is 1.81. The van der Waals surface area contributed by atoms with Crippen LogP contribution in [0.15, 0.2) is 18.2 Å². The number of nitrogens with two attached hydrogens (primary N) is 1. The Morgan fingerprint density at radius 2 is 2.35 bits per heavy atom. The number of aryl methyl sites for hydroxylation is 1. The highest BCUT2D eigenvalue weighted by molar-refractivity contribution is 5.95. The first kappa shape index (κ1) is 12.0. The zero-order chi connectivity index (χ0) is 12.4. The van der Waals surface area contributed by atoms with Gasteiger partial charge in [-0.05, 0) is 30.7 Å². The Kier molecular flexibility index (Phi) is 3.40. The van der Waals surface area contributed by atoms with Crippen molar-refractivity contribution in [1.29, 1.82) is 0 Å². The van der Waals surface area contributed by atoms with Crippen LogP contribution >= 0.6 is 0 Å². The van der Waals surface area contributed by atoms with Gasteiger partial charge in [0.15, 0.2) is 0 Å². The highest BCUT2D eigenvalue weighted by Gasteiger charge is 2.26. The van der Waals surface area contributed by atoms with Crippen molar-refractivity contribution in [3.8, 4) is 0 Å². The fourth-order valence-corrected chi connectivity index (χ4v) is 1.81. The van der Waals surface area contributed by atoms with Crippen LogP contribution in [0.2, 0.25) is 0 Å². The van der Waals surface area contributed by atoms with Gasteiger partial charge >= 0.3 is 0 Å². The summed E-state index contributed by atoms with van der Waals surface area (Å²) in [5.74, 6) is -0.398. The van der Waals surface area contributed by atoms with Crippen molar-refractivity contribution in [1.82, 2.24) is 0 Å². The van der Waals surface area contributed by atoms with E-state index in [1.54, 1.807) is 24.0 Å². The largest absolute Gasteiger partial charge is 0.365 e. The summed E-state index contributed by atoms with van der Waals surface area (Å²) in [7, 11) is 0. The Morgan fingerprint density at radius 1 is 1.59 bits per heavy atom. The first-order valence-electron chi connectivity index (χ1n) is 5.50. The molecule has 1 aromatic rings. The highest BCUT2D eigenvalue weighted by Crippen LogP contribution is 2.21. The molecule has 1 aliphatic rings. The molecule has 1 amide bonds. The number of carbonyl (C=O) groups is 1. The first-order chi connectivity index (χ1) is 8.11. The maximum Gasteiger partial charge on any atom is 0.253 e. The summed E-state index contributed by atoms with van der Waals surface area (Å²) in [6, 6.07) is 4.62. The Balaban J connectivity index is 2.24. The summed E-state index contributed by atoms with van der Waals surface area (Å²) in [4.78, 5) is 13.3. The highest BCUT2D eigenvalue weighted by atomic mass is 19.1. The monoisotopic (exact) mass is 238 g/mol. The van der Waals surface area contributed by atoms with Crippen molar-refractivity contribution in [2.24, 2.45) is 5.73 Å². The molecule has 1 fully saturated rings. The Bertz CT molecular complexity index is 437. The third kappa shape index (κ3) is 2.45. The van der Waals surface area contributed by atoms with Crippen LogP contribution in [0.4, 0.5) is 10.1 Å². The van der Waals surface area contributed by atoms with E-state index >= 15 is 0 Å². The van der Waals surface area contributed by atoms with E-state index in [1.165, 1.54) is 6.07 Å². The molecule has 0 spiro atoms. The van der Waals surface area contributed by atoms with Gasteiger partial charge in [0.05, 0.1) is 12.6 Å². The van der Waals surface area contributed by atoms with E-state index in [0.29, 0.717) is 24.3 Å². The summed E-state index contributed by atoms with van der Waals surface area (Å²) in [5, 5.41) is 0. The van der Waals surface area contributed by atoms with Gasteiger partial charge in [-0.2, -0.15) is 0 Å². The lowest BCUT2D eigenvalue weighted by atomic mass is 10.1. The summed E-state index contributed by atoms with van der Waals surface area (Å²) < 4.78 is 18.4. The van der Waals surface area contributed by atoms with Crippen LogP contribution in [-0.2, 0) is 9.53 Å². The molecule has 1 aromatic carbocycles. The minimum atomic E-state index is -0.273. The predicted octanol–water partition coefficient (Wildman–Crippen LogP) is 0.825. The summed E-state index contributed by atoms with van der Waals surface area (Å²) >= 11 is 0. The first-order valence-corrected chi connectivity index (χ1v) is 5.50. The molecule has 1 atom stereocenters. The van der Waals surface area contributed by atoms with E-state index in [2.05, 4.69) is 0 Å². The third-order valence-corrected chi connectivity index (χ3v) is 2.85. The second kappa shape index (κ2) is 4.81. The molecule has 5 heteroatoms. The van der Waals surface area contributed by atoms with Gasteiger partial charge in [0.25, 0.3) is 5.91 Å². The molecule has 0 aromatic heterocycles. The summed E-state index contributed by atoms with van der Waals surface area (Å²) in [5.41, 5.74) is 6.73. The molecule has 4 nitrogen and oxygen atoms in total. The van der Waals surface area contributed by atoms with Crippen LogP contribution in [0.1, 0.15) is 5.56 Å². The van der Waals surface area contributed by atoms with Gasteiger partial charge in [-0.25, -0.2) is 4.39 Å². The summed E-state index contributed by atoms with van der Waals surface area (Å²) in [6.45, 7) is 2.48. The molecule has 2 rings (SSSR count). The molecular formula is C12H15FN2O2. The van der Waals surface area contributed by atoms with Gasteiger partial charge in [-0.3, -0.25) is 4.79 Å². The van der Waals surface area contributed by atoms with Gasteiger partial charge in [-0.1, -0.05) is 0 Å². The van der Waals surface area contributed by atoms with Crippen molar-refractivity contribution < 1.29 is 13.9 Å². The van der Waals surface area contributed by atoms with Crippen LogP contribution < -0.4 is 10.6 Å². The average Bonchev–Trinajstić information content (AvgIpc) is 2.33. The van der Waals surface area contributed by atoms with Crippen LogP contribution in [-0.4, -0.2) is 31.7 Å². The number of anilines is 1. The fraction of sp³-hybridized carbons (Fsp3) is 0.417. The molecule has 1 unspecified atom stereocenters. The van der Waals surface area contributed by atoms with E-state index in [-0.39, 0.29) is 24.4 Å². The number of carbonyl (C=O) groups excluding carboxylic acids is 1. The van der Waals surface area contributed by atoms with E-state index in [0.717, 1.165) is 0 Å². The second-order valence-electron chi connectivity index (χ2n) is 4.11. The minimum absolute atomic E-state index is 0.0261. The van der Waals surface area contributed by atoms with Gasteiger partial charge in [0, 0.05) is 12.2 Å². The van der Waals surface area contributed by atoms with Crippen LogP contribution in [0.25, 0.3) is 0 Å². The molecule has 0 saturated carbocycles.